The van der Waals surface area contributed by atoms with Gasteiger partial charge in [0.05, 0.1) is 49.4 Å². The predicted octanol–water partition coefficient (Wildman–Crippen LogP) is 3.37. The van der Waals surface area contributed by atoms with Crippen molar-refractivity contribution in [2.24, 2.45) is 0 Å². The summed E-state index contributed by atoms with van der Waals surface area (Å²) in [4.78, 5) is 41.5. The van der Waals surface area contributed by atoms with Crippen molar-refractivity contribution in [3.8, 4) is 22.1 Å². The lowest BCUT2D eigenvalue weighted by Gasteiger charge is -2.27. The van der Waals surface area contributed by atoms with E-state index in [-0.39, 0.29) is 6.03 Å². The van der Waals surface area contributed by atoms with E-state index in [0.717, 1.165) is 56.4 Å². The number of amides is 2. The van der Waals surface area contributed by atoms with Crippen molar-refractivity contribution in [2.45, 2.75) is 6.54 Å². The third kappa shape index (κ3) is 6.57. The molecule has 2 fully saturated rings. The second-order valence-electron chi connectivity index (χ2n) is 9.32. The molecule has 0 spiro atoms. The van der Waals surface area contributed by atoms with Crippen LogP contribution in [-0.4, -0.2) is 88.5 Å². The molecule has 206 valence electrons. The van der Waals surface area contributed by atoms with Gasteiger partial charge in [-0.15, -0.1) is 11.3 Å². The van der Waals surface area contributed by atoms with Gasteiger partial charge in [-0.2, -0.15) is 9.97 Å². The van der Waals surface area contributed by atoms with Crippen molar-refractivity contribution in [3.05, 3.63) is 60.0 Å². The Bertz CT molecular complexity index is 1420. The number of benzene rings is 1. The minimum absolute atomic E-state index is 0.384. The Morgan fingerprint density at radius 2 is 1.48 bits per heavy atom. The van der Waals surface area contributed by atoms with Crippen LogP contribution in [0.1, 0.15) is 4.88 Å². The van der Waals surface area contributed by atoms with Gasteiger partial charge in [0.25, 0.3) is 0 Å². The number of hydrogen-bond donors (Lipinski definition) is 2. The van der Waals surface area contributed by atoms with Crippen LogP contribution in [0, 0.1) is 0 Å². The van der Waals surface area contributed by atoms with E-state index in [9.17, 15) is 4.79 Å². The monoisotopic (exact) mass is 559 g/mol. The average Bonchev–Trinajstić information content (AvgIpc) is 3.47. The molecule has 3 aromatic heterocycles. The molecule has 6 rings (SSSR count). The highest BCUT2D eigenvalue weighted by atomic mass is 32.1. The van der Waals surface area contributed by atoms with Crippen LogP contribution in [0.15, 0.2) is 55.1 Å². The quantitative estimate of drug-likeness (QED) is 0.348. The summed E-state index contributed by atoms with van der Waals surface area (Å²) in [6, 6.07) is 11.3. The fourth-order valence-electron chi connectivity index (χ4n) is 4.43. The molecule has 12 nitrogen and oxygen atoms in total. The Labute approximate surface area is 235 Å². The number of morpholine rings is 2. The number of carbonyl (C=O) groups excluding carboxylic acids is 1. The first kappa shape index (κ1) is 26.2. The van der Waals surface area contributed by atoms with E-state index in [4.69, 9.17) is 24.4 Å². The fourth-order valence-corrected chi connectivity index (χ4v) is 5.42. The van der Waals surface area contributed by atoms with Crippen LogP contribution in [0.5, 0.6) is 0 Å². The molecule has 2 aliphatic rings. The van der Waals surface area contributed by atoms with Gasteiger partial charge in [0.2, 0.25) is 5.95 Å². The summed E-state index contributed by atoms with van der Waals surface area (Å²) in [5, 5.41) is 5.52. The maximum absolute atomic E-state index is 12.4. The van der Waals surface area contributed by atoms with E-state index < -0.39 is 0 Å². The fraction of sp³-hybridized carbons (Fsp3) is 0.333. The number of ether oxygens (including phenoxy) is 2. The number of aromatic nitrogens is 5. The molecule has 2 aliphatic heterocycles. The smallest absolute Gasteiger partial charge is 0.323 e. The summed E-state index contributed by atoms with van der Waals surface area (Å²) in [6.45, 7) is 7.04. The molecule has 2 amide bonds. The van der Waals surface area contributed by atoms with Crippen LogP contribution in [0.3, 0.4) is 0 Å². The van der Waals surface area contributed by atoms with Crippen LogP contribution in [0.2, 0.25) is 0 Å². The highest BCUT2D eigenvalue weighted by Gasteiger charge is 2.19. The normalized spacial score (nSPS) is 16.1. The van der Waals surface area contributed by atoms with E-state index in [1.165, 1.54) is 23.6 Å². The molecule has 0 saturated carbocycles. The summed E-state index contributed by atoms with van der Waals surface area (Å²) < 4.78 is 11.0. The third-order valence-corrected chi connectivity index (χ3v) is 7.57. The van der Waals surface area contributed by atoms with Crippen LogP contribution in [0.25, 0.3) is 22.1 Å². The second-order valence-corrected chi connectivity index (χ2v) is 10.5. The Morgan fingerprint density at radius 3 is 2.23 bits per heavy atom. The maximum atomic E-state index is 12.4. The average molecular weight is 560 g/mol. The number of hydrogen-bond acceptors (Lipinski definition) is 11. The largest absolute Gasteiger partial charge is 0.379 e. The van der Waals surface area contributed by atoms with Crippen LogP contribution < -0.4 is 15.5 Å². The lowest BCUT2D eigenvalue weighted by molar-refractivity contribution is 0.0346. The zero-order valence-electron chi connectivity index (χ0n) is 21.8. The van der Waals surface area contributed by atoms with Gasteiger partial charge in [-0.05, 0) is 36.4 Å². The lowest BCUT2D eigenvalue weighted by Crippen LogP contribution is -2.37. The highest BCUT2D eigenvalue weighted by Crippen LogP contribution is 2.30. The van der Waals surface area contributed by atoms with Gasteiger partial charge in [0, 0.05) is 48.9 Å². The summed E-state index contributed by atoms with van der Waals surface area (Å²) in [5.74, 6) is 1.86. The van der Waals surface area contributed by atoms with Crippen LogP contribution >= 0.6 is 11.3 Å². The Morgan fingerprint density at radius 1 is 0.800 bits per heavy atom. The number of nitrogens with one attached hydrogen (secondary N) is 2. The van der Waals surface area contributed by atoms with E-state index in [1.54, 1.807) is 11.3 Å². The lowest BCUT2D eigenvalue weighted by atomic mass is 10.2. The number of urea groups is 1. The van der Waals surface area contributed by atoms with Crippen molar-refractivity contribution in [3.63, 3.8) is 0 Å². The van der Waals surface area contributed by atoms with Crippen molar-refractivity contribution in [1.29, 1.82) is 0 Å². The van der Waals surface area contributed by atoms with Gasteiger partial charge in [-0.25, -0.2) is 19.7 Å². The predicted molar refractivity (Wildman–Crippen MR) is 152 cm³/mol. The van der Waals surface area contributed by atoms with Gasteiger partial charge >= 0.3 is 6.03 Å². The van der Waals surface area contributed by atoms with E-state index in [2.05, 4.69) is 42.5 Å². The van der Waals surface area contributed by atoms with Gasteiger partial charge < -0.3 is 25.0 Å². The molecular weight excluding hydrogens is 530 g/mol. The molecule has 13 heteroatoms. The number of carbonyl (C=O) groups is 1. The zero-order valence-corrected chi connectivity index (χ0v) is 22.6. The molecule has 0 aliphatic carbocycles. The van der Waals surface area contributed by atoms with Gasteiger partial charge in [0.1, 0.15) is 6.33 Å². The first-order chi connectivity index (χ1) is 19.7. The molecule has 1 aromatic carbocycles. The Balaban J connectivity index is 1.22. The summed E-state index contributed by atoms with van der Waals surface area (Å²) in [5.41, 5.74) is 1.96. The van der Waals surface area contributed by atoms with E-state index >= 15 is 0 Å². The molecular formula is C27H29N9O3S. The zero-order chi connectivity index (χ0) is 27.1. The van der Waals surface area contributed by atoms with E-state index in [0.29, 0.717) is 42.2 Å². The molecule has 0 radical (unpaired) electrons. The number of rotatable bonds is 7. The van der Waals surface area contributed by atoms with Crippen molar-refractivity contribution in [2.75, 3.05) is 68.1 Å². The minimum Gasteiger partial charge on any atom is -0.379 e. The summed E-state index contributed by atoms with van der Waals surface area (Å²) in [6.07, 6.45) is 4.46. The Kier molecular flexibility index (Phi) is 8.14. The van der Waals surface area contributed by atoms with Gasteiger partial charge in [-0.1, -0.05) is 0 Å². The topological polar surface area (TPSA) is 131 Å². The Hall–Kier alpha value is -4.04. The number of nitrogens with zero attached hydrogens (tertiary/aromatic N) is 7. The molecule has 2 saturated heterocycles. The van der Waals surface area contributed by atoms with Gasteiger partial charge in [0.15, 0.2) is 11.6 Å². The van der Waals surface area contributed by atoms with Crippen molar-refractivity contribution >= 4 is 34.7 Å². The molecule has 40 heavy (non-hydrogen) atoms. The third-order valence-electron chi connectivity index (χ3n) is 6.50. The van der Waals surface area contributed by atoms with Crippen LogP contribution in [0.4, 0.5) is 22.1 Å². The summed E-state index contributed by atoms with van der Waals surface area (Å²) in [7, 11) is 0. The molecule has 4 aromatic rings. The van der Waals surface area contributed by atoms with Crippen LogP contribution in [-0.2, 0) is 16.0 Å². The first-order valence-corrected chi connectivity index (χ1v) is 13.9. The molecule has 5 heterocycles. The van der Waals surface area contributed by atoms with E-state index in [1.807, 2.05) is 24.3 Å². The second kappa shape index (κ2) is 12.4. The van der Waals surface area contributed by atoms with Crippen molar-refractivity contribution < 1.29 is 14.3 Å². The standard InChI is InChI=1S/C27H29N9O3S/c37-27(31-21-15-28-18-29-16-21)30-20-3-1-19(2-4-20)24-32-25(34-26(33-24)36-9-13-39-14-10-36)23-6-5-22(40-23)17-35-7-11-38-12-8-35/h1-6,15-16,18H,7-14,17H2,(H2,30,31,37). The van der Waals surface area contributed by atoms with Crippen molar-refractivity contribution in [1.82, 2.24) is 29.8 Å². The molecule has 2 N–H and O–H groups in total. The highest BCUT2D eigenvalue weighted by molar-refractivity contribution is 7.15. The minimum atomic E-state index is -0.384. The summed E-state index contributed by atoms with van der Waals surface area (Å²) >= 11 is 1.71. The SMILES string of the molecule is O=C(Nc1ccc(-c2nc(-c3ccc(CN4CCOCC4)s3)nc(N3CCOCC3)n2)cc1)Nc1cncnc1. The molecule has 0 unspecified atom stereocenters. The molecule has 0 bridgehead atoms. The van der Waals surface area contributed by atoms with Gasteiger partial charge in [-0.3, -0.25) is 4.90 Å². The number of thiophene rings is 1. The number of anilines is 3. The maximum Gasteiger partial charge on any atom is 0.323 e. The first-order valence-electron chi connectivity index (χ1n) is 13.1. The molecule has 0 atom stereocenters.